The average molecular weight is 550 g/mol. The SMILES string of the molecule is NC(=O)Cn1c(-c2cccc(Oc3ccccc3)c2)nc2cc(C(=O)N3CCN(c4ccc(F)cc4)CC3)ccc21. The molecule has 0 spiro atoms. The monoisotopic (exact) mass is 549 g/mol. The molecular weight excluding hydrogens is 521 g/mol. The molecule has 2 heterocycles. The number of carbonyl (C=O) groups excluding carboxylic acids is 2. The van der Waals surface area contributed by atoms with Gasteiger partial charge >= 0.3 is 0 Å². The minimum Gasteiger partial charge on any atom is -0.457 e. The molecule has 1 fully saturated rings. The summed E-state index contributed by atoms with van der Waals surface area (Å²) in [7, 11) is 0. The number of benzene rings is 4. The van der Waals surface area contributed by atoms with E-state index in [-0.39, 0.29) is 18.3 Å². The van der Waals surface area contributed by atoms with Gasteiger partial charge in [-0.2, -0.15) is 0 Å². The fourth-order valence-corrected chi connectivity index (χ4v) is 5.12. The van der Waals surface area contributed by atoms with Crippen LogP contribution in [0.15, 0.2) is 97.1 Å². The van der Waals surface area contributed by atoms with Crippen LogP contribution in [0, 0.1) is 5.82 Å². The number of halogens is 1. The normalized spacial score (nSPS) is 13.4. The quantitative estimate of drug-likeness (QED) is 0.306. The Balaban J connectivity index is 1.25. The predicted molar refractivity (Wildman–Crippen MR) is 155 cm³/mol. The maximum Gasteiger partial charge on any atom is 0.254 e. The van der Waals surface area contributed by atoms with Gasteiger partial charge in [-0.15, -0.1) is 0 Å². The number of rotatable bonds is 7. The van der Waals surface area contributed by atoms with Crippen LogP contribution in [0.4, 0.5) is 10.1 Å². The molecule has 0 radical (unpaired) electrons. The minimum atomic E-state index is -0.499. The van der Waals surface area contributed by atoms with Crippen molar-refractivity contribution in [1.29, 1.82) is 0 Å². The van der Waals surface area contributed by atoms with E-state index < -0.39 is 5.91 Å². The van der Waals surface area contributed by atoms with Crippen LogP contribution in [-0.4, -0.2) is 52.4 Å². The van der Waals surface area contributed by atoms with Crippen LogP contribution in [0.2, 0.25) is 0 Å². The predicted octanol–water partition coefficient (Wildman–Crippen LogP) is 5.08. The van der Waals surface area contributed by atoms with Gasteiger partial charge in [-0.3, -0.25) is 9.59 Å². The summed E-state index contributed by atoms with van der Waals surface area (Å²) in [5, 5.41) is 0. The van der Waals surface area contributed by atoms with Crippen LogP contribution in [0.1, 0.15) is 10.4 Å². The van der Waals surface area contributed by atoms with Crippen molar-refractivity contribution in [2.75, 3.05) is 31.1 Å². The largest absolute Gasteiger partial charge is 0.457 e. The molecule has 0 bridgehead atoms. The number of nitrogens with zero attached hydrogens (tertiary/aromatic N) is 4. The van der Waals surface area contributed by atoms with E-state index in [1.165, 1.54) is 12.1 Å². The third-order valence-electron chi connectivity index (χ3n) is 7.14. The van der Waals surface area contributed by atoms with Crippen LogP contribution in [0.5, 0.6) is 11.5 Å². The minimum absolute atomic E-state index is 0.0613. The number of hydrogen-bond acceptors (Lipinski definition) is 5. The summed E-state index contributed by atoms with van der Waals surface area (Å²) >= 11 is 0. The number of fused-ring (bicyclic) bond motifs is 1. The molecule has 2 amide bonds. The van der Waals surface area contributed by atoms with Gasteiger partial charge < -0.3 is 24.8 Å². The van der Waals surface area contributed by atoms with Gasteiger partial charge in [0.25, 0.3) is 5.91 Å². The lowest BCUT2D eigenvalue weighted by atomic mass is 10.1. The van der Waals surface area contributed by atoms with Crippen LogP contribution < -0.4 is 15.4 Å². The number of anilines is 1. The molecule has 0 atom stereocenters. The third-order valence-corrected chi connectivity index (χ3v) is 7.14. The zero-order chi connectivity index (χ0) is 28.3. The van der Waals surface area contributed by atoms with Crippen LogP contribution in [0.25, 0.3) is 22.4 Å². The topological polar surface area (TPSA) is 93.7 Å². The first-order chi connectivity index (χ1) is 19.9. The average Bonchev–Trinajstić information content (AvgIpc) is 3.35. The van der Waals surface area contributed by atoms with Crippen molar-refractivity contribution in [2.24, 2.45) is 5.73 Å². The van der Waals surface area contributed by atoms with Gasteiger partial charge in [0.15, 0.2) is 0 Å². The van der Waals surface area contributed by atoms with E-state index in [0.29, 0.717) is 60.1 Å². The number of amides is 2. The second-order valence-corrected chi connectivity index (χ2v) is 9.89. The van der Waals surface area contributed by atoms with Crippen LogP contribution >= 0.6 is 0 Å². The molecule has 4 aromatic carbocycles. The molecule has 41 heavy (non-hydrogen) atoms. The Kier molecular flexibility index (Phi) is 7.08. The molecule has 1 aliphatic heterocycles. The summed E-state index contributed by atoms with van der Waals surface area (Å²) < 4.78 is 21.1. The van der Waals surface area contributed by atoms with Gasteiger partial charge in [0.1, 0.15) is 29.7 Å². The maximum atomic E-state index is 13.4. The zero-order valence-electron chi connectivity index (χ0n) is 22.2. The molecule has 2 N–H and O–H groups in total. The number of primary amides is 1. The fraction of sp³-hybridized carbons (Fsp3) is 0.156. The Bertz CT molecular complexity index is 1710. The smallest absolute Gasteiger partial charge is 0.254 e. The summed E-state index contributed by atoms with van der Waals surface area (Å²) in [4.78, 5) is 34.2. The van der Waals surface area contributed by atoms with Crippen molar-refractivity contribution >= 4 is 28.5 Å². The highest BCUT2D eigenvalue weighted by atomic mass is 19.1. The highest BCUT2D eigenvalue weighted by molar-refractivity contribution is 5.98. The van der Waals surface area contributed by atoms with Gasteiger partial charge in [0.05, 0.1) is 11.0 Å². The highest BCUT2D eigenvalue weighted by Crippen LogP contribution is 2.30. The first-order valence-corrected chi connectivity index (χ1v) is 13.4. The number of hydrogen-bond donors (Lipinski definition) is 1. The molecule has 6 rings (SSSR count). The zero-order valence-corrected chi connectivity index (χ0v) is 22.2. The molecule has 0 aliphatic carbocycles. The van der Waals surface area contributed by atoms with Gasteiger partial charge in [-0.05, 0) is 66.7 Å². The molecule has 9 heteroatoms. The van der Waals surface area contributed by atoms with E-state index in [1.54, 1.807) is 34.9 Å². The summed E-state index contributed by atoms with van der Waals surface area (Å²) in [5.74, 6) is 1.03. The van der Waals surface area contributed by atoms with Gasteiger partial charge in [-0.1, -0.05) is 30.3 Å². The Morgan fingerprint density at radius 2 is 1.56 bits per heavy atom. The van der Waals surface area contributed by atoms with Crippen molar-refractivity contribution in [2.45, 2.75) is 6.54 Å². The molecular formula is C32H28FN5O3. The molecule has 1 saturated heterocycles. The standard InChI is InChI=1S/C32H28FN5O3/c33-24-10-12-25(13-11-24)36-15-17-37(18-16-36)32(40)23-9-14-29-28(20-23)35-31(38(29)21-30(34)39)22-5-4-8-27(19-22)41-26-6-2-1-3-7-26/h1-14,19-20H,15-18,21H2,(H2,34,39). The summed E-state index contributed by atoms with van der Waals surface area (Å²) in [6.45, 7) is 2.33. The summed E-state index contributed by atoms with van der Waals surface area (Å²) in [5.41, 5.74) is 9.09. The fourth-order valence-electron chi connectivity index (χ4n) is 5.12. The van der Waals surface area contributed by atoms with Crippen molar-refractivity contribution in [3.05, 3.63) is 108 Å². The van der Waals surface area contributed by atoms with Crippen LogP contribution in [0.3, 0.4) is 0 Å². The second kappa shape index (κ2) is 11.1. The van der Waals surface area contributed by atoms with Gasteiger partial charge in [0.2, 0.25) is 5.91 Å². The van der Waals surface area contributed by atoms with E-state index in [4.69, 9.17) is 15.5 Å². The van der Waals surface area contributed by atoms with Crippen molar-refractivity contribution in [3.63, 3.8) is 0 Å². The molecule has 1 aliphatic rings. The summed E-state index contributed by atoms with van der Waals surface area (Å²) in [6.07, 6.45) is 0. The molecule has 8 nitrogen and oxygen atoms in total. The lowest BCUT2D eigenvalue weighted by Crippen LogP contribution is -2.48. The summed E-state index contributed by atoms with van der Waals surface area (Å²) in [6, 6.07) is 28.6. The van der Waals surface area contributed by atoms with E-state index >= 15 is 0 Å². The Labute approximate surface area is 236 Å². The lowest BCUT2D eigenvalue weighted by molar-refractivity contribution is -0.118. The lowest BCUT2D eigenvalue weighted by Gasteiger charge is -2.36. The van der Waals surface area contributed by atoms with Crippen molar-refractivity contribution < 1.29 is 18.7 Å². The van der Waals surface area contributed by atoms with Gasteiger partial charge in [0, 0.05) is 43.0 Å². The number of piperazine rings is 1. The first-order valence-electron chi connectivity index (χ1n) is 13.4. The maximum absolute atomic E-state index is 13.4. The molecule has 0 saturated carbocycles. The van der Waals surface area contributed by atoms with Crippen molar-refractivity contribution in [1.82, 2.24) is 14.5 Å². The first kappa shape index (κ1) is 26.1. The van der Waals surface area contributed by atoms with E-state index in [9.17, 15) is 14.0 Å². The Morgan fingerprint density at radius 1 is 0.829 bits per heavy atom. The third kappa shape index (κ3) is 5.60. The Morgan fingerprint density at radius 3 is 2.29 bits per heavy atom. The number of imidazole rings is 1. The Hall–Kier alpha value is -5.18. The van der Waals surface area contributed by atoms with E-state index in [1.807, 2.05) is 59.5 Å². The molecule has 0 unspecified atom stereocenters. The molecule has 5 aromatic rings. The number of para-hydroxylation sites is 1. The number of aromatic nitrogens is 2. The molecule has 206 valence electrons. The van der Waals surface area contributed by atoms with Crippen LogP contribution in [-0.2, 0) is 11.3 Å². The van der Waals surface area contributed by atoms with E-state index in [0.717, 1.165) is 11.3 Å². The molecule has 1 aromatic heterocycles. The second-order valence-electron chi connectivity index (χ2n) is 9.89. The van der Waals surface area contributed by atoms with Crippen molar-refractivity contribution in [3.8, 4) is 22.9 Å². The number of carbonyl (C=O) groups is 2. The van der Waals surface area contributed by atoms with Gasteiger partial charge in [-0.25, -0.2) is 9.37 Å². The van der Waals surface area contributed by atoms with E-state index in [2.05, 4.69) is 4.90 Å². The highest BCUT2D eigenvalue weighted by Gasteiger charge is 2.24. The number of nitrogens with two attached hydrogens (primary N) is 1. The number of ether oxygens (including phenoxy) is 1.